The van der Waals surface area contributed by atoms with E-state index in [-0.39, 0.29) is 43.2 Å². The maximum atomic E-state index is 12.9. The number of rotatable bonds is 8. The van der Waals surface area contributed by atoms with Crippen molar-refractivity contribution in [2.24, 2.45) is 0 Å². The summed E-state index contributed by atoms with van der Waals surface area (Å²) >= 11 is 0. The number of hydrogen-bond donors (Lipinski definition) is 2. The van der Waals surface area contributed by atoms with E-state index in [9.17, 15) is 18.8 Å². The lowest BCUT2D eigenvalue weighted by Gasteiger charge is -2.20. The largest absolute Gasteiger partial charge is 0.350 e. The van der Waals surface area contributed by atoms with Crippen LogP contribution in [0.15, 0.2) is 48.5 Å². The Balaban J connectivity index is 1.80. The van der Waals surface area contributed by atoms with Gasteiger partial charge in [0, 0.05) is 18.7 Å². The molecular formula is C21H24FN3O3. The fourth-order valence-corrected chi connectivity index (χ4v) is 2.56. The number of halogens is 1. The third-order valence-electron chi connectivity index (χ3n) is 4.15. The number of nitrogens with zero attached hydrogens (tertiary/aromatic N) is 1. The minimum absolute atomic E-state index is 0.114. The fraction of sp³-hybridized carbons (Fsp3) is 0.286. The third kappa shape index (κ3) is 6.50. The van der Waals surface area contributed by atoms with Gasteiger partial charge in [0.2, 0.25) is 11.8 Å². The SMILES string of the molecule is CCN(CC(=O)NCc1ccc(F)cc1)C(=O)CNC(=O)c1cccc(C)c1. The highest BCUT2D eigenvalue weighted by Gasteiger charge is 2.16. The predicted molar refractivity (Wildman–Crippen MR) is 104 cm³/mol. The number of carbonyl (C=O) groups excluding carboxylic acids is 3. The van der Waals surface area contributed by atoms with Gasteiger partial charge in [-0.25, -0.2) is 4.39 Å². The van der Waals surface area contributed by atoms with E-state index in [4.69, 9.17) is 0 Å². The molecule has 6 nitrogen and oxygen atoms in total. The number of aryl methyl sites for hydroxylation is 1. The molecule has 0 fully saturated rings. The second-order valence-corrected chi connectivity index (χ2v) is 6.36. The lowest BCUT2D eigenvalue weighted by Crippen LogP contribution is -2.44. The van der Waals surface area contributed by atoms with Crippen molar-refractivity contribution in [2.75, 3.05) is 19.6 Å². The summed E-state index contributed by atoms with van der Waals surface area (Å²) in [5.41, 5.74) is 2.19. The van der Waals surface area contributed by atoms with E-state index in [1.807, 2.05) is 13.0 Å². The van der Waals surface area contributed by atoms with Crippen molar-refractivity contribution >= 4 is 17.7 Å². The average molecular weight is 385 g/mol. The van der Waals surface area contributed by atoms with Crippen LogP contribution in [0, 0.1) is 12.7 Å². The topological polar surface area (TPSA) is 78.5 Å². The van der Waals surface area contributed by atoms with Gasteiger partial charge in [-0.15, -0.1) is 0 Å². The van der Waals surface area contributed by atoms with Crippen LogP contribution < -0.4 is 10.6 Å². The van der Waals surface area contributed by atoms with E-state index in [2.05, 4.69) is 10.6 Å². The maximum absolute atomic E-state index is 12.9. The van der Waals surface area contributed by atoms with Gasteiger partial charge in [-0.05, 0) is 43.7 Å². The summed E-state index contributed by atoms with van der Waals surface area (Å²) in [6.45, 7) is 3.92. The minimum Gasteiger partial charge on any atom is -0.350 e. The summed E-state index contributed by atoms with van der Waals surface area (Å²) in [6.07, 6.45) is 0. The maximum Gasteiger partial charge on any atom is 0.251 e. The van der Waals surface area contributed by atoms with Crippen LogP contribution in [0.5, 0.6) is 0 Å². The van der Waals surface area contributed by atoms with Crippen molar-refractivity contribution in [1.29, 1.82) is 0 Å². The number of amides is 3. The standard InChI is InChI=1S/C21H24FN3O3/c1-3-25(14-19(26)23-12-16-7-9-18(22)10-8-16)20(27)13-24-21(28)17-6-4-5-15(2)11-17/h4-11H,3,12-14H2,1-2H3,(H,23,26)(H,24,28). The number of benzene rings is 2. The first-order valence-electron chi connectivity index (χ1n) is 9.03. The summed E-state index contributed by atoms with van der Waals surface area (Å²) < 4.78 is 12.9. The quantitative estimate of drug-likeness (QED) is 0.730. The van der Waals surface area contributed by atoms with Crippen LogP contribution in [0.25, 0.3) is 0 Å². The molecule has 7 heteroatoms. The van der Waals surface area contributed by atoms with Crippen LogP contribution in [-0.4, -0.2) is 42.3 Å². The van der Waals surface area contributed by atoms with Gasteiger partial charge < -0.3 is 15.5 Å². The van der Waals surface area contributed by atoms with Crippen LogP contribution in [-0.2, 0) is 16.1 Å². The minimum atomic E-state index is -0.347. The summed E-state index contributed by atoms with van der Waals surface area (Å²) in [7, 11) is 0. The number of hydrogen-bond acceptors (Lipinski definition) is 3. The van der Waals surface area contributed by atoms with Crippen LogP contribution >= 0.6 is 0 Å². The molecule has 2 aromatic carbocycles. The molecule has 0 unspecified atom stereocenters. The second-order valence-electron chi connectivity index (χ2n) is 6.36. The molecule has 0 saturated heterocycles. The molecule has 0 aliphatic heterocycles. The molecular weight excluding hydrogens is 361 g/mol. The second kappa shape index (κ2) is 10.2. The van der Waals surface area contributed by atoms with Gasteiger partial charge in [0.25, 0.3) is 5.91 Å². The van der Waals surface area contributed by atoms with Crippen molar-refractivity contribution in [1.82, 2.24) is 15.5 Å². The lowest BCUT2D eigenvalue weighted by molar-refractivity contribution is -0.135. The smallest absolute Gasteiger partial charge is 0.251 e. The molecule has 0 spiro atoms. The average Bonchev–Trinajstić information content (AvgIpc) is 2.69. The Kier molecular flexibility index (Phi) is 7.68. The van der Waals surface area contributed by atoms with Crippen molar-refractivity contribution in [3.05, 3.63) is 71.0 Å². The molecule has 0 bridgehead atoms. The normalized spacial score (nSPS) is 10.2. The molecule has 0 radical (unpaired) electrons. The Bertz CT molecular complexity index is 837. The lowest BCUT2D eigenvalue weighted by atomic mass is 10.1. The number of likely N-dealkylation sites (N-methyl/N-ethyl adjacent to an activating group) is 1. The van der Waals surface area contributed by atoms with Crippen LogP contribution in [0.3, 0.4) is 0 Å². The predicted octanol–water partition coefficient (Wildman–Crippen LogP) is 2.03. The van der Waals surface area contributed by atoms with Crippen LogP contribution in [0.2, 0.25) is 0 Å². The van der Waals surface area contributed by atoms with Crippen molar-refractivity contribution in [3.8, 4) is 0 Å². The molecule has 2 N–H and O–H groups in total. The molecule has 0 saturated carbocycles. The first kappa shape index (κ1) is 21.1. The molecule has 28 heavy (non-hydrogen) atoms. The molecule has 0 aromatic heterocycles. The zero-order chi connectivity index (χ0) is 20.5. The van der Waals surface area contributed by atoms with Gasteiger partial charge in [-0.1, -0.05) is 29.8 Å². The molecule has 2 aromatic rings. The Morgan fingerprint density at radius 2 is 1.75 bits per heavy atom. The van der Waals surface area contributed by atoms with Gasteiger partial charge in [-0.3, -0.25) is 14.4 Å². The van der Waals surface area contributed by atoms with E-state index in [0.29, 0.717) is 12.1 Å². The Morgan fingerprint density at radius 1 is 1.04 bits per heavy atom. The first-order valence-corrected chi connectivity index (χ1v) is 9.03. The Labute approximate surface area is 163 Å². The summed E-state index contributed by atoms with van der Waals surface area (Å²) in [4.78, 5) is 37.9. The van der Waals surface area contributed by atoms with Gasteiger partial charge >= 0.3 is 0 Å². The highest BCUT2D eigenvalue weighted by molar-refractivity contribution is 5.97. The van der Waals surface area contributed by atoms with E-state index >= 15 is 0 Å². The molecule has 148 valence electrons. The van der Waals surface area contributed by atoms with E-state index in [0.717, 1.165) is 11.1 Å². The molecule has 2 rings (SSSR count). The summed E-state index contributed by atoms with van der Waals surface area (Å²) in [5, 5.41) is 5.27. The zero-order valence-electron chi connectivity index (χ0n) is 16.0. The van der Waals surface area contributed by atoms with Crippen molar-refractivity contribution < 1.29 is 18.8 Å². The van der Waals surface area contributed by atoms with Gasteiger partial charge in [0.05, 0.1) is 13.1 Å². The molecule has 0 heterocycles. The molecule has 3 amide bonds. The van der Waals surface area contributed by atoms with Gasteiger partial charge in [0.1, 0.15) is 5.82 Å². The van der Waals surface area contributed by atoms with E-state index < -0.39 is 0 Å². The molecule has 0 aliphatic carbocycles. The Hall–Kier alpha value is -3.22. The fourth-order valence-electron chi connectivity index (χ4n) is 2.56. The highest BCUT2D eigenvalue weighted by atomic mass is 19.1. The third-order valence-corrected chi connectivity index (χ3v) is 4.15. The number of nitrogens with one attached hydrogen (secondary N) is 2. The van der Waals surface area contributed by atoms with Gasteiger partial charge in [-0.2, -0.15) is 0 Å². The van der Waals surface area contributed by atoms with Crippen LogP contribution in [0.4, 0.5) is 4.39 Å². The van der Waals surface area contributed by atoms with Crippen LogP contribution in [0.1, 0.15) is 28.4 Å². The van der Waals surface area contributed by atoms with Gasteiger partial charge in [0.15, 0.2) is 0 Å². The first-order chi connectivity index (χ1) is 13.4. The van der Waals surface area contributed by atoms with Crippen molar-refractivity contribution in [2.45, 2.75) is 20.4 Å². The van der Waals surface area contributed by atoms with E-state index in [1.165, 1.54) is 17.0 Å². The zero-order valence-corrected chi connectivity index (χ0v) is 16.0. The monoisotopic (exact) mass is 385 g/mol. The molecule has 0 atom stereocenters. The van der Waals surface area contributed by atoms with E-state index in [1.54, 1.807) is 37.3 Å². The summed E-state index contributed by atoms with van der Waals surface area (Å²) in [6, 6.07) is 12.9. The molecule has 0 aliphatic rings. The highest BCUT2D eigenvalue weighted by Crippen LogP contribution is 2.04. The Morgan fingerprint density at radius 3 is 2.39 bits per heavy atom. The summed E-state index contributed by atoms with van der Waals surface area (Å²) in [5.74, 6) is -1.36. The number of carbonyl (C=O) groups is 3. The van der Waals surface area contributed by atoms with Crippen molar-refractivity contribution in [3.63, 3.8) is 0 Å².